The summed E-state index contributed by atoms with van der Waals surface area (Å²) in [6, 6.07) is 7.89. The highest BCUT2D eigenvalue weighted by Crippen LogP contribution is 2.74. The van der Waals surface area contributed by atoms with Crippen LogP contribution in [0.25, 0.3) is 0 Å². The lowest BCUT2D eigenvalue weighted by Gasteiger charge is -2.56. The minimum Gasteiger partial charge on any atom is -0.196 e. The Hall–Kier alpha value is -2.30. The van der Waals surface area contributed by atoms with Crippen LogP contribution in [-0.4, -0.2) is 0 Å². The molecule has 3 aliphatic rings. The Labute approximate surface area is 99.0 Å². The van der Waals surface area contributed by atoms with Crippen LogP contribution in [0.2, 0.25) is 0 Å². The molecule has 0 amide bonds. The topological polar surface area (TPSA) is 95.2 Å². The summed E-state index contributed by atoms with van der Waals surface area (Å²) >= 11 is 0. The molecule has 0 N–H and O–H groups in total. The van der Waals surface area contributed by atoms with Crippen molar-refractivity contribution in [3.8, 4) is 24.3 Å². The van der Waals surface area contributed by atoms with Crippen LogP contribution in [0.4, 0.5) is 0 Å². The van der Waals surface area contributed by atoms with Crippen LogP contribution < -0.4 is 0 Å². The van der Waals surface area contributed by atoms with Gasteiger partial charge in [-0.2, -0.15) is 21.0 Å². The van der Waals surface area contributed by atoms with E-state index in [0.29, 0.717) is 0 Å². The maximum Gasteiger partial charge on any atom is 0.179 e. The molecule has 17 heavy (non-hydrogen) atoms. The van der Waals surface area contributed by atoms with Gasteiger partial charge in [-0.05, 0) is 18.3 Å². The first kappa shape index (κ1) is 9.89. The first-order chi connectivity index (χ1) is 8.20. The van der Waals surface area contributed by atoms with E-state index in [-0.39, 0.29) is 23.7 Å². The van der Waals surface area contributed by atoms with Gasteiger partial charge in [0.2, 0.25) is 0 Å². The fraction of sp³-hybridized carbons (Fsp3) is 0.538. The van der Waals surface area contributed by atoms with Crippen LogP contribution in [0.5, 0.6) is 0 Å². The van der Waals surface area contributed by atoms with E-state index in [0.717, 1.165) is 6.42 Å². The Kier molecular flexibility index (Phi) is 1.56. The average molecular weight is 220 g/mol. The molecule has 0 aromatic heterocycles. The van der Waals surface area contributed by atoms with Gasteiger partial charge in [-0.3, -0.25) is 0 Å². The molecule has 0 radical (unpaired) electrons. The van der Waals surface area contributed by atoms with Crippen molar-refractivity contribution >= 4 is 0 Å². The minimum atomic E-state index is -1.44. The van der Waals surface area contributed by atoms with Crippen molar-refractivity contribution in [3.63, 3.8) is 0 Å². The lowest BCUT2D eigenvalue weighted by molar-refractivity contribution is -0.0639. The minimum absolute atomic E-state index is 0.133. The van der Waals surface area contributed by atoms with Crippen molar-refractivity contribution in [1.82, 2.24) is 0 Å². The maximum atomic E-state index is 9.31. The van der Waals surface area contributed by atoms with Gasteiger partial charge < -0.3 is 0 Å². The van der Waals surface area contributed by atoms with Crippen LogP contribution in [0, 0.1) is 79.8 Å². The highest BCUT2D eigenvalue weighted by Gasteiger charge is 2.80. The Morgan fingerprint density at radius 2 is 1.12 bits per heavy atom. The van der Waals surface area contributed by atoms with Crippen LogP contribution in [-0.2, 0) is 0 Å². The molecule has 0 saturated heterocycles. The lowest BCUT2D eigenvalue weighted by Crippen LogP contribution is -2.64. The van der Waals surface area contributed by atoms with Crippen molar-refractivity contribution in [1.29, 1.82) is 21.0 Å². The Bertz CT molecular complexity index is 509. The van der Waals surface area contributed by atoms with E-state index >= 15 is 0 Å². The first-order valence-corrected chi connectivity index (χ1v) is 5.54. The predicted octanol–water partition coefficient (Wildman–Crippen LogP) is 1.51. The molecular weight excluding hydrogens is 212 g/mol. The number of rotatable bonds is 0. The molecule has 0 aromatic carbocycles. The Morgan fingerprint density at radius 3 is 1.41 bits per heavy atom. The van der Waals surface area contributed by atoms with E-state index < -0.39 is 10.8 Å². The van der Waals surface area contributed by atoms with Crippen LogP contribution in [0.3, 0.4) is 0 Å². The zero-order valence-corrected chi connectivity index (χ0v) is 8.96. The second-order valence-corrected chi connectivity index (χ2v) is 5.06. The summed E-state index contributed by atoms with van der Waals surface area (Å²) < 4.78 is 0. The molecule has 0 aliphatic heterocycles. The molecule has 3 rings (SSSR count). The molecule has 0 aromatic rings. The summed E-state index contributed by atoms with van der Waals surface area (Å²) in [4.78, 5) is 0. The van der Waals surface area contributed by atoms with Crippen molar-refractivity contribution in [2.75, 3.05) is 0 Å². The van der Waals surface area contributed by atoms with Crippen LogP contribution >= 0.6 is 0 Å². The molecule has 4 heteroatoms. The maximum absolute atomic E-state index is 9.31. The second kappa shape index (κ2) is 2.68. The summed E-state index contributed by atoms with van der Waals surface area (Å²) in [5.74, 6) is 0.122. The van der Waals surface area contributed by atoms with E-state index in [1.54, 1.807) is 0 Å². The molecule has 2 fully saturated rings. The smallest absolute Gasteiger partial charge is 0.179 e. The third-order valence-electron chi connectivity index (χ3n) is 4.79. The highest BCUT2D eigenvalue weighted by atomic mass is 14.8. The molecule has 4 nitrogen and oxygen atoms in total. The van der Waals surface area contributed by atoms with E-state index in [1.165, 1.54) is 0 Å². The molecule has 4 unspecified atom stereocenters. The SMILES string of the molecule is N#CC1(C#N)C2C3C=CC(C3)C2C1(C#N)C#N. The number of hydrogen-bond donors (Lipinski definition) is 0. The average Bonchev–Trinajstić information content (AvgIpc) is 2.92. The van der Waals surface area contributed by atoms with E-state index in [9.17, 15) is 21.0 Å². The second-order valence-electron chi connectivity index (χ2n) is 5.06. The van der Waals surface area contributed by atoms with Gasteiger partial charge in [0.05, 0.1) is 24.3 Å². The lowest BCUT2D eigenvalue weighted by atomic mass is 9.38. The third kappa shape index (κ3) is 0.702. The van der Waals surface area contributed by atoms with Gasteiger partial charge in [0.15, 0.2) is 10.8 Å². The number of nitrogens with zero attached hydrogens (tertiary/aromatic N) is 4. The van der Waals surface area contributed by atoms with Crippen molar-refractivity contribution in [2.45, 2.75) is 6.42 Å². The van der Waals surface area contributed by atoms with Crippen LogP contribution in [0.15, 0.2) is 12.2 Å². The summed E-state index contributed by atoms with van der Waals surface area (Å²) in [5.41, 5.74) is -2.88. The number of nitriles is 4. The Balaban J connectivity index is 2.22. The predicted molar refractivity (Wildman–Crippen MR) is 55.0 cm³/mol. The zero-order valence-electron chi connectivity index (χ0n) is 8.96. The molecule has 0 heterocycles. The quantitative estimate of drug-likeness (QED) is 0.578. The summed E-state index contributed by atoms with van der Waals surface area (Å²) in [6.07, 6.45) is 4.95. The molecule has 0 spiro atoms. The number of allylic oxidation sites excluding steroid dienone is 2. The summed E-state index contributed by atoms with van der Waals surface area (Å²) in [5, 5.41) is 37.2. The van der Waals surface area contributed by atoms with Gasteiger partial charge in [0.25, 0.3) is 0 Å². The van der Waals surface area contributed by atoms with Gasteiger partial charge in [-0.25, -0.2) is 0 Å². The summed E-state index contributed by atoms with van der Waals surface area (Å²) in [7, 11) is 0. The van der Waals surface area contributed by atoms with Gasteiger partial charge in [-0.15, -0.1) is 0 Å². The van der Waals surface area contributed by atoms with Crippen molar-refractivity contribution < 1.29 is 0 Å². The summed E-state index contributed by atoms with van der Waals surface area (Å²) in [6.45, 7) is 0. The van der Waals surface area contributed by atoms with E-state index in [2.05, 4.69) is 0 Å². The van der Waals surface area contributed by atoms with Gasteiger partial charge in [0, 0.05) is 11.8 Å². The molecule has 80 valence electrons. The fourth-order valence-electron chi connectivity index (χ4n) is 4.13. The van der Waals surface area contributed by atoms with Gasteiger partial charge in [-0.1, -0.05) is 12.2 Å². The van der Waals surface area contributed by atoms with Crippen LogP contribution in [0.1, 0.15) is 6.42 Å². The normalized spacial score (nSPS) is 41.2. The fourth-order valence-corrected chi connectivity index (χ4v) is 4.13. The number of hydrogen-bond acceptors (Lipinski definition) is 4. The zero-order chi connectivity index (χ0) is 12.3. The number of fused-ring (bicyclic) bond motifs is 5. The Morgan fingerprint density at radius 1 is 0.765 bits per heavy atom. The largest absolute Gasteiger partial charge is 0.196 e. The highest BCUT2D eigenvalue weighted by molar-refractivity contribution is 5.49. The molecule has 4 atom stereocenters. The van der Waals surface area contributed by atoms with Gasteiger partial charge in [0.1, 0.15) is 0 Å². The third-order valence-corrected chi connectivity index (χ3v) is 4.79. The van der Waals surface area contributed by atoms with E-state index in [1.807, 2.05) is 36.4 Å². The van der Waals surface area contributed by atoms with E-state index in [4.69, 9.17) is 0 Å². The molecule has 2 saturated carbocycles. The molecule has 3 aliphatic carbocycles. The van der Waals surface area contributed by atoms with Crippen molar-refractivity contribution in [2.24, 2.45) is 34.5 Å². The first-order valence-electron chi connectivity index (χ1n) is 5.54. The standard InChI is InChI=1S/C13H8N4/c14-4-12(5-15)10-8-1-2-9(3-8)11(10)13(12,6-16)7-17/h1-2,8-11H,3H2. The van der Waals surface area contributed by atoms with Crippen molar-refractivity contribution in [3.05, 3.63) is 12.2 Å². The molecular formula is C13H8N4. The van der Waals surface area contributed by atoms with Gasteiger partial charge >= 0.3 is 0 Å². The molecule has 2 bridgehead atoms. The monoisotopic (exact) mass is 220 g/mol.